The third-order valence-corrected chi connectivity index (χ3v) is 3.79. The van der Waals surface area contributed by atoms with Crippen LogP contribution in [0.25, 0.3) is 0 Å². The van der Waals surface area contributed by atoms with Crippen molar-refractivity contribution in [2.75, 3.05) is 0 Å². The lowest BCUT2D eigenvalue weighted by atomic mass is 9.84. The highest BCUT2D eigenvalue weighted by molar-refractivity contribution is 6.23. The van der Waals surface area contributed by atoms with Crippen LogP contribution in [0.4, 0.5) is 0 Å². The molecule has 0 aromatic rings. The van der Waals surface area contributed by atoms with Gasteiger partial charge in [0.15, 0.2) is 0 Å². The van der Waals surface area contributed by atoms with Gasteiger partial charge in [-0.15, -0.1) is 11.6 Å². The number of halogens is 1. The van der Waals surface area contributed by atoms with Crippen molar-refractivity contribution in [1.82, 2.24) is 0 Å². The molecule has 1 heteroatoms. The van der Waals surface area contributed by atoms with E-state index in [0.717, 1.165) is 0 Å². The first kappa shape index (κ1) is 11.4. The van der Waals surface area contributed by atoms with Gasteiger partial charge in [-0.25, -0.2) is 0 Å². The molecule has 0 radical (unpaired) electrons. The standard InChI is InChI=1S/C12H23Cl/c1-2-3-4-6-9-12(13)10-7-5-8-11-12/h2-11H2,1H3. The maximum atomic E-state index is 6.55. The molecule has 1 aliphatic carbocycles. The molecule has 0 spiro atoms. The highest BCUT2D eigenvalue weighted by atomic mass is 35.5. The van der Waals surface area contributed by atoms with Crippen molar-refractivity contribution in [2.45, 2.75) is 76.0 Å². The summed E-state index contributed by atoms with van der Waals surface area (Å²) in [6.45, 7) is 2.26. The summed E-state index contributed by atoms with van der Waals surface area (Å²) in [6, 6.07) is 0. The number of hydrogen-bond acceptors (Lipinski definition) is 0. The second kappa shape index (κ2) is 5.90. The Bertz CT molecular complexity index is 125. The van der Waals surface area contributed by atoms with E-state index in [4.69, 9.17) is 11.6 Å². The SMILES string of the molecule is CCCCCCC1(Cl)CCCCC1. The summed E-state index contributed by atoms with van der Waals surface area (Å²) in [5.41, 5.74) is 0. The Labute approximate surface area is 88.1 Å². The average molecular weight is 203 g/mol. The zero-order valence-corrected chi connectivity index (χ0v) is 9.70. The molecule has 0 amide bonds. The molecule has 0 N–H and O–H groups in total. The molecule has 0 bridgehead atoms. The van der Waals surface area contributed by atoms with Crippen LogP contribution < -0.4 is 0 Å². The fourth-order valence-corrected chi connectivity index (χ4v) is 2.70. The van der Waals surface area contributed by atoms with Gasteiger partial charge in [-0.2, -0.15) is 0 Å². The molecule has 0 saturated heterocycles. The Hall–Kier alpha value is 0.290. The second-order valence-corrected chi connectivity index (χ2v) is 5.32. The smallest absolute Gasteiger partial charge is 0.0446 e. The normalized spacial score (nSPS) is 21.7. The molecular weight excluding hydrogens is 180 g/mol. The summed E-state index contributed by atoms with van der Waals surface area (Å²) in [6.07, 6.45) is 13.3. The molecule has 1 rings (SSSR count). The molecule has 78 valence electrons. The van der Waals surface area contributed by atoms with Gasteiger partial charge in [0.25, 0.3) is 0 Å². The van der Waals surface area contributed by atoms with Gasteiger partial charge in [0.2, 0.25) is 0 Å². The fraction of sp³-hybridized carbons (Fsp3) is 1.00. The summed E-state index contributed by atoms with van der Waals surface area (Å²) < 4.78 is 0. The minimum atomic E-state index is 0.200. The molecule has 0 aliphatic heterocycles. The lowest BCUT2D eigenvalue weighted by molar-refractivity contribution is 0.358. The van der Waals surface area contributed by atoms with Crippen molar-refractivity contribution in [3.05, 3.63) is 0 Å². The minimum Gasteiger partial charge on any atom is -0.119 e. The van der Waals surface area contributed by atoms with Crippen LogP contribution in [0, 0.1) is 0 Å². The highest BCUT2D eigenvalue weighted by Crippen LogP contribution is 2.38. The first-order valence-electron chi connectivity index (χ1n) is 5.96. The lowest BCUT2D eigenvalue weighted by Crippen LogP contribution is -2.24. The van der Waals surface area contributed by atoms with E-state index in [9.17, 15) is 0 Å². The number of hydrogen-bond donors (Lipinski definition) is 0. The van der Waals surface area contributed by atoms with Crippen molar-refractivity contribution in [1.29, 1.82) is 0 Å². The number of unbranched alkanes of at least 4 members (excludes halogenated alkanes) is 3. The van der Waals surface area contributed by atoms with E-state index in [1.807, 2.05) is 0 Å². The Morgan fingerprint density at radius 3 is 2.31 bits per heavy atom. The van der Waals surface area contributed by atoms with E-state index >= 15 is 0 Å². The Balaban J connectivity index is 2.10. The number of rotatable bonds is 5. The van der Waals surface area contributed by atoms with Gasteiger partial charge in [-0.3, -0.25) is 0 Å². The van der Waals surface area contributed by atoms with Crippen LogP contribution in [0.2, 0.25) is 0 Å². The summed E-state index contributed by atoms with van der Waals surface area (Å²) in [5.74, 6) is 0. The lowest BCUT2D eigenvalue weighted by Gasteiger charge is -2.31. The predicted molar refractivity (Wildman–Crippen MR) is 60.4 cm³/mol. The molecule has 0 heterocycles. The first-order chi connectivity index (χ1) is 6.27. The van der Waals surface area contributed by atoms with Crippen molar-refractivity contribution in [2.24, 2.45) is 0 Å². The Kier molecular flexibility index (Phi) is 5.16. The van der Waals surface area contributed by atoms with Crippen LogP contribution >= 0.6 is 11.6 Å². The number of alkyl halides is 1. The largest absolute Gasteiger partial charge is 0.119 e. The molecule has 1 fully saturated rings. The van der Waals surface area contributed by atoms with Gasteiger partial charge in [0.05, 0.1) is 0 Å². The van der Waals surface area contributed by atoms with Crippen molar-refractivity contribution >= 4 is 11.6 Å². The Morgan fingerprint density at radius 2 is 1.69 bits per heavy atom. The van der Waals surface area contributed by atoms with E-state index in [-0.39, 0.29) is 4.87 Å². The summed E-state index contributed by atoms with van der Waals surface area (Å²) >= 11 is 6.55. The topological polar surface area (TPSA) is 0 Å². The van der Waals surface area contributed by atoms with Crippen molar-refractivity contribution in [3.8, 4) is 0 Å². The van der Waals surface area contributed by atoms with E-state index in [1.165, 1.54) is 64.2 Å². The van der Waals surface area contributed by atoms with E-state index in [1.54, 1.807) is 0 Å². The molecule has 0 aromatic heterocycles. The molecule has 0 nitrogen and oxygen atoms in total. The van der Waals surface area contributed by atoms with Crippen LogP contribution in [-0.2, 0) is 0 Å². The Morgan fingerprint density at radius 1 is 1.00 bits per heavy atom. The predicted octanol–water partition coefficient (Wildman–Crippen LogP) is 4.90. The molecule has 0 atom stereocenters. The molecule has 1 aliphatic rings. The van der Waals surface area contributed by atoms with E-state index in [0.29, 0.717) is 0 Å². The quantitative estimate of drug-likeness (QED) is 0.440. The first-order valence-corrected chi connectivity index (χ1v) is 6.33. The van der Waals surface area contributed by atoms with Crippen LogP contribution in [0.5, 0.6) is 0 Å². The maximum absolute atomic E-state index is 6.55. The van der Waals surface area contributed by atoms with Crippen molar-refractivity contribution < 1.29 is 0 Å². The van der Waals surface area contributed by atoms with E-state index < -0.39 is 0 Å². The van der Waals surface area contributed by atoms with Gasteiger partial charge < -0.3 is 0 Å². The third-order valence-electron chi connectivity index (χ3n) is 3.23. The van der Waals surface area contributed by atoms with Crippen LogP contribution in [0.15, 0.2) is 0 Å². The third kappa shape index (κ3) is 4.35. The van der Waals surface area contributed by atoms with Gasteiger partial charge >= 0.3 is 0 Å². The zero-order valence-electron chi connectivity index (χ0n) is 8.95. The van der Waals surface area contributed by atoms with Crippen LogP contribution in [0.1, 0.15) is 71.1 Å². The van der Waals surface area contributed by atoms with Gasteiger partial charge in [-0.05, 0) is 19.3 Å². The molecule has 1 saturated carbocycles. The average Bonchev–Trinajstić information content (AvgIpc) is 2.14. The maximum Gasteiger partial charge on any atom is 0.0446 e. The van der Waals surface area contributed by atoms with Crippen LogP contribution in [0.3, 0.4) is 0 Å². The highest BCUT2D eigenvalue weighted by Gasteiger charge is 2.28. The summed E-state index contributed by atoms with van der Waals surface area (Å²) in [7, 11) is 0. The zero-order chi connectivity index (χ0) is 9.57. The monoisotopic (exact) mass is 202 g/mol. The molecule has 13 heavy (non-hydrogen) atoms. The second-order valence-electron chi connectivity index (χ2n) is 4.52. The van der Waals surface area contributed by atoms with Crippen LogP contribution in [-0.4, -0.2) is 4.87 Å². The van der Waals surface area contributed by atoms with Gasteiger partial charge in [0, 0.05) is 4.87 Å². The molecule has 0 unspecified atom stereocenters. The fourth-order valence-electron chi connectivity index (χ4n) is 2.30. The molecular formula is C12H23Cl. The van der Waals surface area contributed by atoms with Gasteiger partial charge in [0.1, 0.15) is 0 Å². The molecule has 0 aromatic carbocycles. The van der Waals surface area contributed by atoms with Gasteiger partial charge in [-0.1, -0.05) is 51.9 Å². The summed E-state index contributed by atoms with van der Waals surface area (Å²) in [5, 5.41) is 0. The summed E-state index contributed by atoms with van der Waals surface area (Å²) in [4.78, 5) is 0.200. The van der Waals surface area contributed by atoms with Crippen molar-refractivity contribution in [3.63, 3.8) is 0 Å². The minimum absolute atomic E-state index is 0.200. The van der Waals surface area contributed by atoms with E-state index in [2.05, 4.69) is 6.92 Å².